The Bertz CT molecular complexity index is 268. The quantitative estimate of drug-likeness (QED) is 0.253. The first kappa shape index (κ1) is 21.9. The number of hydrogen-bond acceptors (Lipinski definition) is 3. The van der Waals surface area contributed by atoms with E-state index in [0.29, 0.717) is 6.42 Å². The summed E-state index contributed by atoms with van der Waals surface area (Å²) in [6.07, 6.45) is 19.3. The molecule has 3 atom stereocenters. The molecule has 0 aliphatic carbocycles. The minimum absolute atomic E-state index is 0.0733. The third-order valence-electron chi connectivity index (χ3n) is 4.82. The Morgan fingerprint density at radius 2 is 1.29 bits per heavy atom. The summed E-state index contributed by atoms with van der Waals surface area (Å²) in [5.74, 6) is 0. The molecule has 1 N–H and O–H groups in total. The lowest BCUT2D eigenvalue weighted by Crippen LogP contribution is -2.08. The van der Waals surface area contributed by atoms with E-state index in [0.717, 1.165) is 13.0 Å². The molecular weight excluding hydrogens is 300 g/mol. The molecule has 0 amide bonds. The number of aliphatic hydroxyl groups is 1. The average Bonchev–Trinajstić information content (AvgIpc) is 3.28. The van der Waals surface area contributed by atoms with Crippen LogP contribution in [0.3, 0.4) is 0 Å². The maximum absolute atomic E-state index is 9.14. The van der Waals surface area contributed by atoms with Crippen molar-refractivity contribution in [2.45, 2.75) is 122 Å². The Morgan fingerprint density at radius 1 is 0.833 bits per heavy atom. The Labute approximate surface area is 150 Å². The van der Waals surface area contributed by atoms with Gasteiger partial charge in [0.15, 0.2) is 6.29 Å². The highest BCUT2D eigenvalue weighted by Gasteiger charge is 2.40. The van der Waals surface area contributed by atoms with E-state index in [2.05, 4.69) is 13.8 Å². The van der Waals surface area contributed by atoms with E-state index in [-0.39, 0.29) is 12.4 Å². The molecule has 3 nitrogen and oxygen atoms in total. The number of rotatable bonds is 18. The molecule has 143 valence electrons. The fourth-order valence-corrected chi connectivity index (χ4v) is 3.20. The van der Waals surface area contributed by atoms with Crippen LogP contribution in [-0.4, -0.2) is 30.2 Å². The van der Waals surface area contributed by atoms with Gasteiger partial charge in [-0.05, 0) is 13.3 Å². The predicted molar refractivity (Wildman–Crippen MR) is 101 cm³/mol. The van der Waals surface area contributed by atoms with Gasteiger partial charge in [0.2, 0.25) is 0 Å². The zero-order valence-electron chi connectivity index (χ0n) is 16.0. The van der Waals surface area contributed by atoms with Crippen LogP contribution in [0.5, 0.6) is 0 Å². The molecule has 24 heavy (non-hydrogen) atoms. The van der Waals surface area contributed by atoms with Crippen molar-refractivity contribution < 1.29 is 14.6 Å². The third-order valence-corrected chi connectivity index (χ3v) is 4.82. The van der Waals surface area contributed by atoms with Gasteiger partial charge in [0.05, 0.1) is 6.10 Å². The minimum atomic E-state index is -0.537. The van der Waals surface area contributed by atoms with E-state index in [9.17, 15) is 0 Å². The molecule has 1 heterocycles. The fourth-order valence-electron chi connectivity index (χ4n) is 3.20. The van der Waals surface area contributed by atoms with E-state index < -0.39 is 6.10 Å². The van der Waals surface area contributed by atoms with Gasteiger partial charge < -0.3 is 14.6 Å². The number of unbranched alkanes of at least 4 members (excludes halogenated alkanes) is 13. The predicted octanol–water partition coefficient (Wildman–Crippen LogP) is 5.79. The number of hydrogen-bond donors (Lipinski definition) is 1. The van der Waals surface area contributed by atoms with Gasteiger partial charge in [0, 0.05) is 13.0 Å². The van der Waals surface area contributed by atoms with E-state index in [1.165, 1.54) is 83.5 Å². The van der Waals surface area contributed by atoms with Crippen LogP contribution in [0.25, 0.3) is 0 Å². The zero-order valence-corrected chi connectivity index (χ0v) is 16.0. The first-order valence-corrected chi connectivity index (χ1v) is 10.5. The molecule has 1 fully saturated rings. The molecule has 1 rings (SSSR count). The summed E-state index contributed by atoms with van der Waals surface area (Å²) >= 11 is 0. The molecule has 1 aliphatic rings. The van der Waals surface area contributed by atoms with Gasteiger partial charge in [-0.2, -0.15) is 0 Å². The highest BCUT2D eigenvalue weighted by Crippen LogP contribution is 2.27. The fraction of sp³-hybridized carbons (Fsp3) is 0.952. The molecule has 0 aromatic rings. The summed E-state index contributed by atoms with van der Waals surface area (Å²) in [5, 5.41) is 9.14. The molecule has 3 heteroatoms. The summed E-state index contributed by atoms with van der Waals surface area (Å²) < 4.78 is 10.9. The van der Waals surface area contributed by atoms with Crippen LogP contribution in [0.2, 0.25) is 0 Å². The molecule has 3 unspecified atom stereocenters. The van der Waals surface area contributed by atoms with Crippen LogP contribution in [-0.2, 0) is 9.47 Å². The van der Waals surface area contributed by atoms with E-state index in [1.807, 2.05) is 0 Å². The van der Waals surface area contributed by atoms with E-state index >= 15 is 0 Å². The van der Waals surface area contributed by atoms with Gasteiger partial charge >= 0.3 is 0 Å². The van der Waals surface area contributed by atoms with Crippen LogP contribution in [0.15, 0.2) is 0 Å². The van der Waals surface area contributed by atoms with Crippen molar-refractivity contribution in [3.05, 3.63) is 6.92 Å². The van der Waals surface area contributed by atoms with E-state index in [4.69, 9.17) is 14.6 Å². The van der Waals surface area contributed by atoms with Gasteiger partial charge in [-0.15, -0.1) is 0 Å². The molecule has 0 aromatic carbocycles. The Kier molecular flexibility index (Phi) is 13.8. The summed E-state index contributed by atoms with van der Waals surface area (Å²) in [6.45, 7) is 6.61. The minimum Gasteiger partial charge on any atom is -0.393 e. The van der Waals surface area contributed by atoms with Crippen LogP contribution >= 0.6 is 0 Å². The van der Waals surface area contributed by atoms with Crippen molar-refractivity contribution in [2.24, 2.45) is 0 Å². The standard InChI is InChI=1S/C21H41O3/c1-3-4-5-6-7-8-9-10-11-12-13-14-15-16-17-23-21-20(24-21)18-19(2)22/h19-22H,2-18H2,1H3. The van der Waals surface area contributed by atoms with E-state index in [1.54, 1.807) is 0 Å². The van der Waals surface area contributed by atoms with Crippen molar-refractivity contribution >= 4 is 0 Å². The van der Waals surface area contributed by atoms with Crippen LogP contribution in [0.1, 0.15) is 103 Å². The van der Waals surface area contributed by atoms with Crippen LogP contribution in [0.4, 0.5) is 0 Å². The lowest BCUT2D eigenvalue weighted by atomic mass is 10.0. The number of aliphatic hydroxyl groups excluding tert-OH is 1. The second kappa shape index (κ2) is 15.2. The maximum Gasteiger partial charge on any atom is 0.184 e. The lowest BCUT2D eigenvalue weighted by molar-refractivity contribution is 0.0477. The average molecular weight is 342 g/mol. The van der Waals surface area contributed by atoms with Crippen LogP contribution in [0, 0.1) is 6.92 Å². The SMILES string of the molecule is [CH2]C(O)CC1OC1OCCCCCCCCCCCCCCCC. The Balaban J connectivity index is 1.67. The third kappa shape index (κ3) is 13.2. The van der Waals surface area contributed by atoms with Crippen molar-refractivity contribution in [1.82, 2.24) is 0 Å². The normalized spacial score (nSPS) is 21.1. The zero-order chi connectivity index (χ0) is 17.5. The second-order valence-electron chi connectivity index (χ2n) is 7.40. The van der Waals surface area contributed by atoms with Crippen molar-refractivity contribution in [2.75, 3.05) is 6.61 Å². The molecule has 1 radical (unpaired) electrons. The van der Waals surface area contributed by atoms with Gasteiger partial charge in [-0.25, -0.2) is 0 Å². The summed E-state index contributed by atoms with van der Waals surface area (Å²) in [7, 11) is 0. The summed E-state index contributed by atoms with van der Waals surface area (Å²) in [6, 6.07) is 0. The largest absolute Gasteiger partial charge is 0.393 e. The van der Waals surface area contributed by atoms with Crippen LogP contribution < -0.4 is 0 Å². The van der Waals surface area contributed by atoms with Gasteiger partial charge in [-0.3, -0.25) is 0 Å². The highest BCUT2D eigenvalue weighted by atomic mass is 16.8. The molecule has 0 spiro atoms. The molecule has 0 bridgehead atoms. The molecule has 0 aromatic heterocycles. The molecule has 1 aliphatic heterocycles. The van der Waals surface area contributed by atoms with Crippen molar-refractivity contribution in [3.8, 4) is 0 Å². The number of ether oxygens (including phenoxy) is 2. The Morgan fingerprint density at radius 3 is 1.75 bits per heavy atom. The first-order valence-electron chi connectivity index (χ1n) is 10.5. The molecule has 0 saturated carbocycles. The van der Waals surface area contributed by atoms with Gasteiger partial charge in [0.25, 0.3) is 0 Å². The maximum atomic E-state index is 9.14. The van der Waals surface area contributed by atoms with Gasteiger partial charge in [-0.1, -0.05) is 90.4 Å². The summed E-state index contributed by atoms with van der Waals surface area (Å²) in [5.41, 5.74) is 0. The topological polar surface area (TPSA) is 42.0 Å². The first-order chi connectivity index (χ1) is 11.7. The van der Waals surface area contributed by atoms with Crippen molar-refractivity contribution in [1.29, 1.82) is 0 Å². The second-order valence-corrected chi connectivity index (χ2v) is 7.40. The smallest absolute Gasteiger partial charge is 0.184 e. The molecule has 1 saturated heterocycles. The van der Waals surface area contributed by atoms with Gasteiger partial charge in [0.1, 0.15) is 6.10 Å². The molecular formula is C21H41O3. The van der Waals surface area contributed by atoms with Crippen molar-refractivity contribution in [3.63, 3.8) is 0 Å². The monoisotopic (exact) mass is 341 g/mol. The Hall–Kier alpha value is -0.120. The summed E-state index contributed by atoms with van der Waals surface area (Å²) in [4.78, 5) is 0. The lowest BCUT2D eigenvalue weighted by Gasteiger charge is -2.04. The highest BCUT2D eigenvalue weighted by molar-refractivity contribution is 4.80. The number of epoxide rings is 1.